The summed E-state index contributed by atoms with van der Waals surface area (Å²) in [6, 6.07) is 8.26. The summed E-state index contributed by atoms with van der Waals surface area (Å²) >= 11 is 1.28. The number of fused-ring (bicyclic) bond motifs is 1. The number of hydrogen-bond acceptors (Lipinski definition) is 7. The second-order valence-electron chi connectivity index (χ2n) is 8.44. The van der Waals surface area contributed by atoms with E-state index in [1.807, 2.05) is 0 Å². The molecule has 2 aromatic carbocycles. The van der Waals surface area contributed by atoms with E-state index in [0.29, 0.717) is 45.1 Å². The number of benzene rings is 2. The third-order valence-corrected chi connectivity index (χ3v) is 6.96. The molecule has 0 saturated heterocycles. The number of aliphatic hydroxyl groups is 1. The van der Waals surface area contributed by atoms with E-state index < -0.39 is 23.6 Å². The fourth-order valence-corrected chi connectivity index (χ4v) is 4.77. The van der Waals surface area contributed by atoms with Gasteiger partial charge in [-0.15, -0.1) is 11.3 Å². The summed E-state index contributed by atoms with van der Waals surface area (Å²) in [6.45, 7) is 3.55. The maximum Gasteiger partial charge on any atom is 0.418 e. The van der Waals surface area contributed by atoms with Gasteiger partial charge in [0.25, 0.3) is 11.8 Å². The van der Waals surface area contributed by atoms with Crippen LogP contribution in [0.5, 0.6) is 0 Å². The third kappa shape index (κ3) is 5.43. The number of alkyl halides is 3. The van der Waals surface area contributed by atoms with E-state index in [1.165, 1.54) is 34.4 Å². The van der Waals surface area contributed by atoms with Gasteiger partial charge in [0.05, 0.1) is 21.3 Å². The lowest BCUT2D eigenvalue weighted by Crippen LogP contribution is -2.22. The molecule has 0 radical (unpaired) electrons. The van der Waals surface area contributed by atoms with Crippen LogP contribution in [-0.2, 0) is 6.18 Å². The minimum Gasteiger partial charge on any atom is -0.377 e. The Morgan fingerprint density at radius 1 is 1.13 bits per heavy atom. The van der Waals surface area contributed by atoms with E-state index in [1.54, 1.807) is 38.4 Å². The number of anilines is 4. The number of carbonyl (C=O) groups excluding carboxylic acids is 2. The van der Waals surface area contributed by atoms with Crippen LogP contribution in [0.1, 0.15) is 38.8 Å². The molecule has 0 aliphatic heterocycles. The van der Waals surface area contributed by atoms with Crippen LogP contribution < -0.4 is 20.9 Å². The van der Waals surface area contributed by atoms with Crippen LogP contribution in [-0.4, -0.2) is 47.4 Å². The summed E-state index contributed by atoms with van der Waals surface area (Å²) in [7, 11) is 1.55. The summed E-state index contributed by atoms with van der Waals surface area (Å²) in [6.07, 6.45) is -4.63. The van der Waals surface area contributed by atoms with Crippen LogP contribution in [0.4, 0.5) is 36.1 Å². The number of aliphatic hydroxyl groups excluding tert-OH is 1. The van der Waals surface area contributed by atoms with Crippen molar-refractivity contribution < 1.29 is 27.9 Å². The number of nitrogens with one attached hydrogen (secondary N) is 4. The van der Waals surface area contributed by atoms with Crippen LogP contribution in [0.2, 0.25) is 0 Å². The molecule has 5 N–H and O–H groups in total. The van der Waals surface area contributed by atoms with Crippen molar-refractivity contribution in [3.8, 4) is 0 Å². The standard InChI is InChI=1S/C25H25F3N6O3S/c1-4-34(3)19-8-6-14(9-17(19)25(26,27)28)23(36)30-15-7-5-13(2)18(10-15)31-24(37)16-11-38-21-20(16)32-33-22(21)29-12-35/h5-11,35H,4,12H2,1-3H3,(H,30,36)(H,31,37)(H2,29,32,33). The Hall–Kier alpha value is -4.10. The van der Waals surface area contributed by atoms with Crippen LogP contribution in [0.15, 0.2) is 41.8 Å². The fraction of sp³-hybridized carbons (Fsp3) is 0.240. The minimum absolute atomic E-state index is 0.0176. The van der Waals surface area contributed by atoms with Crippen molar-refractivity contribution in [1.82, 2.24) is 10.2 Å². The molecule has 0 saturated carbocycles. The molecular weight excluding hydrogens is 521 g/mol. The quantitative estimate of drug-likeness (QED) is 0.192. The molecule has 4 rings (SSSR count). The van der Waals surface area contributed by atoms with Gasteiger partial charge in [-0.3, -0.25) is 14.7 Å². The third-order valence-electron chi connectivity index (χ3n) is 5.97. The highest BCUT2D eigenvalue weighted by Gasteiger charge is 2.35. The maximum absolute atomic E-state index is 13.7. The lowest BCUT2D eigenvalue weighted by Gasteiger charge is -2.22. The van der Waals surface area contributed by atoms with Crippen molar-refractivity contribution in [3.63, 3.8) is 0 Å². The minimum atomic E-state index is -4.63. The molecule has 200 valence electrons. The number of aromatic amines is 1. The van der Waals surface area contributed by atoms with Crippen LogP contribution >= 0.6 is 11.3 Å². The van der Waals surface area contributed by atoms with E-state index >= 15 is 0 Å². The zero-order valence-electron chi connectivity index (χ0n) is 20.7. The summed E-state index contributed by atoms with van der Waals surface area (Å²) in [5.41, 5.74) is 1.20. The van der Waals surface area contributed by atoms with E-state index in [-0.39, 0.29) is 18.0 Å². The fourth-order valence-electron chi connectivity index (χ4n) is 3.80. The molecule has 2 aromatic heterocycles. The number of amides is 2. The Morgan fingerprint density at radius 2 is 1.89 bits per heavy atom. The molecule has 13 heteroatoms. The zero-order chi connectivity index (χ0) is 27.6. The number of thiophene rings is 1. The van der Waals surface area contributed by atoms with Gasteiger partial charge in [0.15, 0.2) is 5.82 Å². The molecule has 2 heterocycles. The first kappa shape index (κ1) is 26.9. The first-order chi connectivity index (χ1) is 18.0. The normalized spacial score (nSPS) is 11.4. The molecular formula is C25H25F3N6O3S. The lowest BCUT2D eigenvalue weighted by atomic mass is 10.1. The predicted molar refractivity (Wildman–Crippen MR) is 142 cm³/mol. The summed E-state index contributed by atoms with van der Waals surface area (Å²) in [5.74, 6) is -0.716. The molecule has 2 amide bonds. The van der Waals surface area contributed by atoms with E-state index in [2.05, 4.69) is 26.1 Å². The smallest absolute Gasteiger partial charge is 0.377 e. The molecule has 9 nitrogen and oxygen atoms in total. The first-order valence-electron chi connectivity index (χ1n) is 11.5. The van der Waals surface area contributed by atoms with E-state index in [0.717, 1.165) is 6.07 Å². The Balaban J connectivity index is 1.55. The highest BCUT2D eigenvalue weighted by atomic mass is 32.1. The lowest BCUT2D eigenvalue weighted by molar-refractivity contribution is -0.137. The van der Waals surface area contributed by atoms with Crippen molar-refractivity contribution in [3.05, 3.63) is 64.0 Å². The van der Waals surface area contributed by atoms with Gasteiger partial charge in [-0.2, -0.15) is 18.3 Å². The predicted octanol–water partition coefficient (Wildman–Crippen LogP) is 5.27. The molecule has 0 unspecified atom stereocenters. The maximum atomic E-state index is 13.7. The average Bonchev–Trinajstić information content (AvgIpc) is 3.48. The van der Waals surface area contributed by atoms with Crippen LogP contribution in [0.3, 0.4) is 0 Å². The molecule has 0 atom stereocenters. The molecule has 0 spiro atoms. The number of H-pyrrole nitrogens is 1. The Labute approximate surface area is 219 Å². The summed E-state index contributed by atoms with van der Waals surface area (Å²) < 4.78 is 41.7. The van der Waals surface area contributed by atoms with Crippen molar-refractivity contribution >= 4 is 56.2 Å². The van der Waals surface area contributed by atoms with Gasteiger partial charge in [0.2, 0.25) is 0 Å². The van der Waals surface area contributed by atoms with Gasteiger partial charge in [-0.05, 0) is 49.7 Å². The highest BCUT2D eigenvalue weighted by molar-refractivity contribution is 7.18. The van der Waals surface area contributed by atoms with Gasteiger partial charge in [-0.25, -0.2) is 0 Å². The second kappa shape index (κ2) is 10.7. The number of rotatable bonds is 8. The zero-order valence-corrected chi connectivity index (χ0v) is 21.5. The summed E-state index contributed by atoms with van der Waals surface area (Å²) in [5, 5.41) is 25.6. The molecule has 0 aliphatic carbocycles. The monoisotopic (exact) mass is 546 g/mol. The van der Waals surface area contributed by atoms with E-state index in [4.69, 9.17) is 5.11 Å². The molecule has 0 aliphatic rings. The van der Waals surface area contributed by atoms with Crippen molar-refractivity contribution in [2.45, 2.75) is 20.0 Å². The largest absolute Gasteiger partial charge is 0.418 e. The number of carbonyl (C=O) groups is 2. The number of aromatic nitrogens is 2. The van der Waals surface area contributed by atoms with Crippen molar-refractivity contribution in [1.29, 1.82) is 0 Å². The van der Waals surface area contributed by atoms with Gasteiger partial charge in [-0.1, -0.05) is 6.07 Å². The van der Waals surface area contributed by atoms with E-state index in [9.17, 15) is 22.8 Å². The van der Waals surface area contributed by atoms with Crippen molar-refractivity contribution in [2.75, 3.05) is 41.2 Å². The first-order valence-corrected chi connectivity index (χ1v) is 12.4. The number of hydrogen-bond donors (Lipinski definition) is 5. The van der Waals surface area contributed by atoms with Crippen LogP contribution in [0, 0.1) is 6.92 Å². The molecule has 38 heavy (non-hydrogen) atoms. The number of nitrogens with zero attached hydrogens (tertiary/aromatic N) is 2. The number of halogens is 3. The average molecular weight is 547 g/mol. The van der Waals surface area contributed by atoms with Gasteiger partial charge in [0, 0.05) is 41.6 Å². The molecule has 0 fully saturated rings. The summed E-state index contributed by atoms with van der Waals surface area (Å²) in [4.78, 5) is 27.3. The van der Waals surface area contributed by atoms with Crippen molar-refractivity contribution in [2.24, 2.45) is 0 Å². The topological polar surface area (TPSA) is 122 Å². The Bertz CT molecular complexity index is 1500. The molecule has 4 aromatic rings. The van der Waals surface area contributed by atoms with Crippen LogP contribution in [0.25, 0.3) is 10.2 Å². The van der Waals surface area contributed by atoms with Gasteiger partial charge < -0.3 is 26.0 Å². The number of aryl methyl sites for hydroxylation is 1. The highest BCUT2D eigenvalue weighted by Crippen LogP contribution is 2.37. The molecule has 0 bridgehead atoms. The van der Waals surface area contributed by atoms with Gasteiger partial charge in [0.1, 0.15) is 6.73 Å². The van der Waals surface area contributed by atoms with Gasteiger partial charge >= 0.3 is 6.18 Å². The Kier molecular flexibility index (Phi) is 7.60. The SMILES string of the molecule is CCN(C)c1ccc(C(=O)Nc2ccc(C)c(NC(=O)c3csc4c(NCO)n[nH]c34)c2)cc1C(F)(F)F. The second-order valence-corrected chi connectivity index (χ2v) is 9.32. The Morgan fingerprint density at radius 3 is 2.58 bits per heavy atom.